The molecule has 118 valence electrons. The monoisotopic (exact) mass is 302 g/mol. The van der Waals surface area contributed by atoms with E-state index >= 15 is 0 Å². The van der Waals surface area contributed by atoms with Crippen LogP contribution in [-0.4, -0.2) is 29.3 Å². The molecule has 1 aromatic carbocycles. The molecule has 6 nitrogen and oxygen atoms in total. The first kappa shape index (κ1) is 16.0. The maximum Gasteiger partial charge on any atom is 0.242 e. The van der Waals surface area contributed by atoms with E-state index in [1.807, 2.05) is 44.4 Å². The number of amides is 1. The minimum Gasteiger partial charge on any atom is -0.494 e. The van der Waals surface area contributed by atoms with Gasteiger partial charge in [-0.15, -0.1) is 0 Å². The number of hydrogen-bond acceptors (Lipinski definition) is 4. The molecule has 6 heteroatoms. The van der Waals surface area contributed by atoms with Crippen LogP contribution in [0.2, 0.25) is 0 Å². The zero-order valence-electron chi connectivity index (χ0n) is 13.2. The standard InChI is InChI=1S/C16H22N4O2/c1-4-22-14-7-5-6-12(8-14)9-18-16(21)15(17-2)13-10-19-20(3)11-13/h5-8,10-11,15,17H,4,9H2,1-3H3,(H,18,21). The van der Waals surface area contributed by atoms with E-state index in [-0.39, 0.29) is 5.91 Å². The summed E-state index contributed by atoms with van der Waals surface area (Å²) in [4.78, 5) is 12.3. The van der Waals surface area contributed by atoms with Crippen LogP contribution in [0.25, 0.3) is 0 Å². The fourth-order valence-electron chi connectivity index (χ4n) is 2.24. The van der Waals surface area contributed by atoms with E-state index in [1.165, 1.54) is 0 Å². The summed E-state index contributed by atoms with van der Waals surface area (Å²) in [6.45, 7) is 3.02. The van der Waals surface area contributed by atoms with Gasteiger partial charge in [-0.2, -0.15) is 5.10 Å². The summed E-state index contributed by atoms with van der Waals surface area (Å²) in [5.41, 5.74) is 1.84. The van der Waals surface area contributed by atoms with Crippen LogP contribution in [0.4, 0.5) is 0 Å². The highest BCUT2D eigenvalue weighted by Gasteiger charge is 2.19. The van der Waals surface area contributed by atoms with Gasteiger partial charge in [0.15, 0.2) is 0 Å². The lowest BCUT2D eigenvalue weighted by atomic mass is 10.1. The number of ether oxygens (including phenoxy) is 1. The zero-order valence-corrected chi connectivity index (χ0v) is 13.2. The fourth-order valence-corrected chi connectivity index (χ4v) is 2.24. The Balaban J connectivity index is 1.97. The Morgan fingerprint density at radius 1 is 1.45 bits per heavy atom. The van der Waals surface area contributed by atoms with Crippen molar-refractivity contribution < 1.29 is 9.53 Å². The van der Waals surface area contributed by atoms with Crippen LogP contribution in [-0.2, 0) is 18.4 Å². The maximum atomic E-state index is 12.3. The van der Waals surface area contributed by atoms with Crippen molar-refractivity contribution in [3.63, 3.8) is 0 Å². The average Bonchev–Trinajstić information content (AvgIpc) is 2.93. The third-order valence-electron chi connectivity index (χ3n) is 3.29. The summed E-state index contributed by atoms with van der Waals surface area (Å²) in [5.74, 6) is 0.726. The Bertz CT molecular complexity index is 624. The van der Waals surface area contributed by atoms with E-state index in [4.69, 9.17) is 4.74 Å². The molecule has 0 saturated heterocycles. The predicted octanol–water partition coefficient (Wildman–Crippen LogP) is 1.40. The molecule has 1 unspecified atom stereocenters. The molecule has 0 fully saturated rings. The van der Waals surface area contributed by atoms with Crippen LogP contribution in [0, 0.1) is 0 Å². The van der Waals surface area contributed by atoms with E-state index in [2.05, 4.69) is 15.7 Å². The molecule has 1 aromatic heterocycles. The minimum atomic E-state index is -0.413. The highest BCUT2D eigenvalue weighted by molar-refractivity contribution is 5.83. The average molecular weight is 302 g/mol. The van der Waals surface area contributed by atoms with Crippen LogP contribution in [0.5, 0.6) is 5.75 Å². The van der Waals surface area contributed by atoms with Crippen molar-refractivity contribution in [2.24, 2.45) is 7.05 Å². The Kier molecular flexibility index (Phi) is 5.55. The molecule has 0 aliphatic heterocycles. The number of likely N-dealkylation sites (N-methyl/N-ethyl adjacent to an activating group) is 1. The van der Waals surface area contributed by atoms with Gasteiger partial charge in [0.05, 0.1) is 12.8 Å². The third kappa shape index (κ3) is 4.08. The van der Waals surface area contributed by atoms with Crippen molar-refractivity contribution >= 4 is 5.91 Å². The summed E-state index contributed by atoms with van der Waals surface area (Å²) in [5, 5.41) is 10.0. The molecule has 1 atom stereocenters. The second-order valence-corrected chi connectivity index (χ2v) is 4.97. The Labute approximate surface area is 130 Å². The third-order valence-corrected chi connectivity index (χ3v) is 3.29. The number of aryl methyl sites for hydroxylation is 1. The van der Waals surface area contributed by atoms with Gasteiger partial charge in [-0.3, -0.25) is 9.48 Å². The van der Waals surface area contributed by atoms with Crippen molar-refractivity contribution in [2.75, 3.05) is 13.7 Å². The van der Waals surface area contributed by atoms with Crippen molar-refractivity contribution in [1.29, 1.82) is 0 Å². The van der Waals surface area contributed by atoms with E-state index in [0.717, 1.165) is 16.9 Å². The number of carbonyl (C=O) groups excluding carboxylic acids is 1. The van der Waals surface area contributed by atoms with Gasteiger partial charge in [-0.1, -0.05) is 12.1 Å². The molecule has 1 heterocycles. The number of aromatic nitrogens is 2. The lowest BCUT2D eigenvalue weighted by Crippen LogP contribution is -2.35. The summed E-state index contributed by atoms with van der Waals surface area (Å²) in [6, 6.07) is 7.30. The molecule has 0 bridgehead atoms. The van der Waals surface area contributed by atoms with Gasteiger partial charge in [-0.25, -0.2) is 0 Å². The topological polar surface area (TPSA) is 68.2 Å². The van der Waals surface area contributed by atoms with Crippen LogP contribution >= 0.6 is 0 Å². The smallest absolute Gasteiger partial charge is 0.242 e. The van der Waals surface area contributed by atoms with Gasteiger partial charge in [0.25, 0.3) is 0 Å². The Hall–Kier alpha value is -2.34. The number of nitrogens with one attached hydrogen (secondary N) is 2. The first-order valence-electron chi connectivity index (χ1n) is 7.29. The highest BCUT2D eigenvalue weighted by Crippen LogP contribution is 2.14. The van der Waals surface area contributed by atoms with Gasteiger partial charge in [-0.05, 0) is 31.7 Å². The van der Waals surface area contributed by atoms with Gasteiger partial charge >= 0.3 is 0 Å². The molecule has 2 N–H and O–H groups in total. The van der Waals surface area contributed by atoms with Crippen molar-refractivity contribution in [3.05, 3.63) is 47.8 Å². The number of hydrogen-bond donors (Lipinski definition) is 2. The SMILES string of the molecule is CCOc1cccc(CNC(=O)C(NC)c2cnn(C)c2)c1. The number of rotatable bonds is 7. The predicted molar refractivity (Wildman–Crippen MR) is 84.5 cm³/mol. The Morgan fingerprint density at radius 2 is 2.27 bits per heavy atom. The highest BCUT2D eigenvalue weighted by atomic mass is 16.5. The first-order chi connectivity index (χ1) is 10.6. The second-order valence-electron chi connectivity index (χ2n) is 4.97. The summed E-state index contributed by atoms with van der Waals surface area (Å²) in [6.07, 6.45) is 3.52. The lowest BCUT2D eigenvalue weighted by Gasteiger charge is -2.15. The van der Waals surface area contributed by atoms with Crippen LogP contribution in [0.15, 0.2) is 36.7 Å². The molecule has 0 aliphatic rings. The second kappa shape index (κ2) is 7.61. The normalized spacial score (nSPS) is 12.0. The number of carbonyl (C=O) groups is 1. The van der Waals surface area contributed by atoms with Crippen molar-refractivity contribution in [3.8, 4) is 5.75 Å². The molecular formula is C16H22N4O2. The van der Waals surface area contributed by atoms with Gasteiger partial charge < -0.3 is 15.4 Å². The quantitative estimate of drug-likeness (QED) is 0.811. The van der Waals surface area contributed by atoms with Gasteiger partial charge in [0.2, 0.25) is 5.91 Å². The van der Waals surface area contributed by atoms with Crippen molar-refractivity contribution in [1.82, 2.24) is 20.4 Å². The summed E-state index contributed by atoms with van der Waals surface area (Å²) >= 11 is 0. The number of benzene rings is 1. The lowest BCUT2D eigenvalue weighted by molar-refractivity contribution is -0.123. The summed E-state index contributed by atoms with van der Waals surface area (Å²) in [7, 11) is 3.58. The van der Waals surface area contributed by atoms with Crippen molar-refractivity contribution in [2.45, 2.75) is 19.5 Å². The van der Waals surface area contributed by atoms with E-state index in [1.54, 1.807) is 17.9 Å². The molecular weight excluding hydrogens is 280 g/mol. The molecule has 2 rings (SSSR count). The minimum absolute atomic E-state index is 0.0858. The molecule has 2 aromatic rings. The summed E-state index contributed by atoms with van der Waals surface area (Å²) < 4.78 is 7.14. The van der Waals surface area contributed by atoms with Crippen LogP contribution in [0.1, 0.15) is 24.1 Å². The first-order valence-corrected chi connectivity index (χ1v) is 7.29. The molecule has 0 radical (unpaired) electrons. The maximum absolute atomic E-state index is 12.3. The van der Waals surface area contributed by atoms with Gasteiger partial charge in [0, 0.05) is 25.4 Å². The largest absolute Gasteiger partial charge is 0.494 e. The fraction of sp³-hybridized carbons (Fsp3) is 0.375. The van der Waals surface area contributed by atoms with E-state index < -0.39 is 6.04 Å². The van der Waals surface area contributed by atoms with E-state index in [0.29, 0.717) is 13.2 Å². The van der Waals surface area contributed by atoms with Gasteiger partial charge in [0.1, 0.15) is 11.8 Å². The molecule has 22 heavy (non-hydrogen) atoms. The molecule has 0 saturated carbocycles. The van der Waals surface area contributed by atoms with Crippen LogP contribution < -0.4 is 15.4 Å². The van der Waals surface area contributed by atoms with E-state index in [9.17, 15) is 4.79 Å². The zero-order chi connectivity index (χ0) is 15.9. The molecule has 1 amide bonds. The molecule has 0 spiro atoms. The number of nitrogens with zero attached hydrogens (tertiary/aromatic N) is 2. The van der Waals surface area contributed by atoms with Crippen LogP contribution in [0.3, 0.4) is 0 Å². The Morgan fingerprint density at radius 3 is 2.91 bits per heavy atom. The molecule has 0 aliphatic carbocycles.